The summed E-state index contributed by atoms with van der Waals surface area (Å²) in [6, 6.07) is 30.5. The minimum Gasteiger partial charge on any atom is -0.493 e. The van der Waals surface area contributed by atoms with E-state index in [4.69, 9.17) is 14.7 Å². The van der Waals surface area contributed by atoms with Gasteiger partial charge in [-0.3, -0.25) is 4.79 Å². The fourth-order valence-electron chi connectivity index (χ4n) is 4.13. The predicted molar refractivity (Wildman–Crippen MR) is 151 cm³/mol. The highest BCUT2D eigenvalue weighted by molar-refractivity contribution is 5.90. The molecular weight excluding hydrogens is 506 g/mol. The van der Waals surface area contributed by atoms with Crippen LogP contribution >= 0.6 is 0 Å². The lowest BCUT2D eigenvalue weighted by molar-refractivity contribution is -0.141. The molecule has 0 aliphatic heterocycles. The van der Waals surface area contributed by atoms with E-state index in [-0.39, 0.29) is 6.42 Å². The fraction of sp³-hybridized carbons (Fsp3) is 0.156. The van der Waals surface area contributed by atoms with E-state index in [1.807, 2.05) is 60.7 Å². The maximum atomic E-state index is 13.6. The molecule has 1 unspecified atom stereocenters. The second-order valence-corrected chi connectivity index (χ2v) is 9.04. The first-order valence-electron chi connectivity index (χ1n) is 12.7. The van der Waals surface area contributed by atoms with E-state index in [1.54, 1.807) is 42.5 Å². The molecule has 0 spiro atoms. The highest BCUT2D eigenvalue weighted by Crippen LogP contribution is 2.32. The maximum absolute atomic E-state index is 13.6. The van der Waals surface area contributed by atoms with Crippen molar-refractivity contribution in [1.82, 2.24) is 5.32 Å². The molecule has 40 heavy (non-hydrogen) atoms. The molecule has 0 saturated heterocycles. The molecule has 4 rings (SSSR count). The Balaban J connectivity index is 1.60. The number of ether oxygens (including phenoxy) is 2. The Morgan fingerprint density at radius 3 is 2.12 bits per heavy atom. The van der Waals surface area contributed by atoms with Gasteiger partial charge >= 0.3 is 5.97 Å². The van der Waals surface area contributed by atoms with Gasteiger partial charge in [0.2, 0.25) is 5.91 Å². The molecule has 4 aromatic rings. The number of carbonyl (C=O) groups excluding carboxylic acids is 1. The van der Waals surface area contributed by atoms with Gasteiger partial charge in [-0.1, -0.05) is 66.7 Å². The van der Waals surface area contributed by atoms with Gasteiger partial charge in [0.15, 0.2) is 11.5 Å². The molecule has 2 atom stereocenters. The van der Waals surface area contributed by atoms with Crippen LogP contribution in [0.5, 0.6) is 11.5 Å². The summed E-state index contributed by atoms with van der Waals surface area (Å²) < 4.78 is 11.5. The van der Waals surface area contributed by atoms with Gasteiger partial charge in [-0.2, -0.15) is 5.26 Å². The minimum atomic E-state index is -1.14. The smallest absolute Gasteiger partial charge is 0.326 e. The molecule has 8 heteroatoms. The monoisotopic (exact) mass is 535 g/mol. The van der Waals surface area contributed by atoms with Crippen molar-refractivity contribution in [2.75, 3.05) is 12.4 Å². The zero-order chi connectivity index (χ0) is 28.3. The molecule has 0 saturated carbocycles. The lowest BCUT2D eigenvalue weighted by Gasteiger charge is -2.23. The minimum absolute atomic E-state index is 0.126. The van der Waals surface area contributed by atoms with Crippen LogP contribution in [0.25, 0.3) is 0 Å². The topological polar surface area (TPSA) is 121 Å². The van der Waals surface area contributed by atoms with Gasteiger partial charge in [0.1, 0.15) is 18.7 Å². The van der Waals surface area contributed by atoms with Crippen LogP contribution in [0.15, 0.2) is 103 Å². The summed E-state index contributed by atoms with van der Waals surface area (Å²) in [5, 5.41) is 24.8. The molecule has 0 aliphatic carbocycles. The average Bonchev–Trinajstić information content (AvgIpc) is 2.99. The van der Waals surface area contributed by atoms with Crippen LogP contribution in [0.3, 0.4) is 0 Å². The van der Waals surface area contributed by atoms with Gasteiger partial charge in [0, 0.05) is 12.1 Å². The third-order valence-corrected chi connectivity index (χ3v) is 6.24. The quantitative estimate of drug-likeness (QED) is 0.230. The molecule has 0 radical (unpaired) electrons. The number of carboxylic acid groups (broad SMARTS) is 1. The highest BCUT2D eigenvalue weighted by atomic mass is 16.5. The van der Waals surface area contributed by atoms with Crippen molar-refractivity contribution < 1.29 is 24.2 Å². The molecule has 3 N–H and O–H groups in total. The predicted octanol–water partition coefficient (Wildman–Crippen LogP) is 5.11. The van der Waals surface area contributed by atoms with Gasteiger partial charge in [0.25, 0.3) is 0 Å². The molecule has 4 aromatic carbocycles. The number of amides is 1. The maximum Gasteiger partial charge on any atom is 0.326 e. The van der Waals surface area contributed by atoms with Crippen molar-refractivity contribution in [1.29, 1.82) is 5.26 Å². The standard InChI is InChI=1S/C32H29N3O5/c1-39-29-19-25(14-17-28(29)40-21-24-10-6-3-7-11-24)30(34-26-15-12-23(20-33)13-16-26)31(36)35-27(32(37)38)18-22-8-4-2-5-9-22/h2-17,19,27,30,34H,18,21H2,1H3,(H,35,36)(H,37,38)/t27?,30-/m0/s1. The highest BCUT2D eigenvalue weighted by Gasteiger charge is 2.28. The van der Waals surface area contributed by atoms with E-state index in [2.05, 4.69) is 16.7 Å². The fourth-order valence-corrected chi connectivity index (χ4v) is 4.13. The molecule has 8 nitrogen and oxygen atoms in total. The number of carboxylic acids is 1. The van der Waals surface area contributed by atoms with Crippen LogP contribution < -0.4 is 20.1 Å². The first-order valence-corrected chi connectivity index (χ1v) is 12.7. The summed E-state index contributed by atoms with van der Waals surface area (Å²) in [7, 11) is 1.51. The van der Waals surface area contributed by atoms with Crippen LogP contribution in [-0.4, -0.2) is 30.1 Å². The van der Waals surface area contributed by atoms with Crippen LogP contribution in [0.2, 0.25) is 0 Å². The molecule has 0 fully saturated rings. The summed E-state index contributed by atoms with van der Waals surface area (Å²) in [5.74, 6) is -0.753. The first kappa shape index (κ1) is 27.7. The van der Waals surface area contributed by atoms with Crippen LogP contribution in [0, 0.1) is 11.3 Å². The number of aliphatic carboxylic acids is 1. The Bertz CT molecular complexity index is 1470. The third-order valence-electron chi connectivity index (χ3n) is 6.24. The Kier molecular flexibility index (Phi) is 9.35. The van der Waals surface area contributed by atoms with Gasteiger partial charge in [-0.25, -0.2) is 4.79 Å². The zero-order valence-corrected chi connectivity index (χ0v) is 21.9. The van der Waals surface area contributed by atoms with Crippen LogP contribution in [-0.2, 0) is 22.6 Å². The second-order valence-electron chi connectivity index (χ2n) is 9.04. The van der Waals surface area contributed by atoms with Crippen molar-refractivity contribution >= 4 is 17.6 Å². The molecule has 1 amide bonds. The van der Waals surface area contributed by atoms with E-state index in [0.717, 1.165) is 11.1 Å². The number of nitrogens with one attached hydrogen (secondary N) is 2. The SMILES string of the molecule is COc1cc([C@H](Nc2ccc(C#N)cc2)C(=O)NC(Cc2ccccc2)C(=O)O)ccc1OCc1ccccc1. The van der Waals surface area contributed by atoms with E-state index in [0.29, 0.717) is 34.9 Å². The summed E-state index contributed by atoms with van der Waals surface area (Å²) >= 11 is 0. The van der Waals surface area contributed by atoms with E-state index in [1.165, 1.54) is 7.11 Å². The number of nitrogens with zero attached hydrogens (tertiary/aromatic N) is 1. The number of benzene rings is 4. The van der Waals surface area contributed by atoms with E-state index >= 15 is 0 Å². The molecule has 0 heterocycles. The Labute approximate surface area is 232 Å². The van der Waals surface area contributed by atoms with Gasteiger partial charge in [-0.05, 0) is 53.1 Å². The lowest BCUT2D eigenvalue weighted by Crippen LogP contribution is -2.45. The summed E-state index contributed by atoms with van der Waals surface area (Å²) in [6.07, 6.45) is 0.126. The third kappa shape index (κ3) is 7.39. The summed E-state index contributed by atoms with van der Waals surface area (Å²) in [5.41, 5.74) is 3.37. The number of rotatable bonds is 12. The summed E-state index contributed by atoms with van der Waals surface area (Å²) in [4.78, 5) is 25.7. The molecule has 0 bridgehead atoms. The second kappa shape index (κ2) is 13.5. The van der Waals surface area contributed by atoms with Gasteiger partial charge in [0.05, 0.1) is 18.7 Å². The normalized spacial score (nSPS) is 11.9. The number of carbonyl (C=O) groups is 2. The Morgan fingerprint density at radius 2 is 1.52 bits per heavy atom. The van der Waals surface area contributed by atoms with Crippen LogP contribution in [0.1, 0.15) is 28.3 Å². The van der Waals surface area contributed by atoms with Crippen molar-refractivity contribution in [3.8, 4) is 17.6 Å². The lowest BCUT2D eigenvalue weighted by atomic mass is 10.0. The molecule has 202 valence electrons. The molecular formula is C32H29N3O5. The van der Waals surface area contributed by atoms with Gasteiger partial charge in [-0.15, -0.1) is 0 Å². The number of methoxy groups -OCH3 is 1. The van der Waals surface area contributed by atoms with Crippen molar-refractivity contribution in [2.45, 2.75) is 25.1 Å². The van der Waals surface area contributed by atoms with Crippen molar-refractivity contribution in [2.24, 2.45) is 0 Å². The number of hydrogen-bond acceptors (Lipinski definition) is 6. The summed E-state index contributed by atoms with van der Waals surface area (Å²) in [6.45, 7) is 0.337. The van der Waals surface area contributed by atoms with Gasteiger partial charge < -0.3 is 25.2 Å². The zero-order valence-electron chi connectivity index (χ0n) is 21.9. The molecule has 0 aromatic heterocycles. The molecule has 0 aliphatic rings. The van der Waals surface area contributed by atoms with Crippen LogP contribution in [0.4, 0.5) is 5.69 Å². The average molecular weight is 536 g/mol. The number of nitriles is 1. The number of anilines is 1. The van der Waals surface area contributed by atoms with Crippen molar-refractivity contribution in [3.05, 3.63) is 125 Å². The Morgan fingerprint density at radius 1 is 0.875 bits per heavy atom. The first-order chi connectivity index (χ1) is 19.5. The van der Waals surface area contributed by atoms with E-state index in [9.17, 15) is 14.7 Å². The number of hydrogen-bond donors (Lipinski definition) is 3. The van der Waals surface area contributed by atoms with Crippen molar-refractivity contribution in [3.63, 3.8) is 0 Å². The van der Waals surface area contributed by atoms with E-state index < -0.39 is 24.0 Å². The largest absolute Gasteiger partial charge is 0.493 e. The Hall–Kier alpha value is -5.29.